The molecule has 0 radical (unpaired) electrons. The zero-order valence-electron chi connectivity index (χ0n) is 32.3. The van der Waals surface area contributed by atoms with Crippen LogP contribution >= 0.6 is 0 Å². The van der Waals surface area contributed by atoms with Crippen molar-refractivity contribution in [1.29, 1.82) is 0 Å². The standard InChI is InChI=1S/C42H74N8/c1-19-11-13-21(3)31-29(19)37-44-35-27-17-25-9-7-8-10-26(25)18-28(27)36(43-35)45-38-30-20(2)12-14-22(4)32(30)40(47-38)49-42-34-24(6)16-15-23(5)33(34)41(50-42)48-39(31)46-37/h19-50H,7-18H2,1-6H3. The molecular weight excluding hydrogens is 617 g/mol. The Hall–Kier alpha value is -0.320. The lowest BCUT2D eigenvalue weighted by molar-refractivity contribution is 0.0573. The second-order valence-electron chi connectivity index (χ2n) is 20.8. The van der Waals surface area contributed by atoms with Gasteiger partial charge in [0.2, 0.25) is 0 Å². The predicted molar refractivity (Wildman–Crippen MR) is 201 cm³/mol. The van der Waals surface area contributed by atoms with Crippen molar-refractivity contribution in [2.45, 2.75) is 168 Å². The molecule has 5 aliphatic carbocycles. The predicted octanol–water partition coefficient (Wildman–Crippen LogP) is 5.11. The largest absolute Gasteiger partial charge is 0.286 e. The molecule has 8 N–H and O–H groups in total. The molecule has 5 saturated heterocycles. The van der Waals surface area contributed by atoms with Crippen LogP contribution in [0, 0.1) is 94.7 Å². The molecule has 5 saturated carbocycles. The van der Waals surface area contributed by atoms with Crippen molar-refractivity contribution < 1.29 is 0 Å². The first-order chi connectivity index (χ1) is 24.2. The molecule has 0 aromatic rings. The van der Waals surface area contributed by atoms with Gasteiger partial charge in [-0.2, -0.15) is 0 Å². The molecular formula is C42H74N8. The van der Waals surface area contributed by atoms with Gasteiger partial charge in [-0.3, -0.25) is 42.5 Å². The van der Waals surface area contributed by atoms with E-state index in [0.29, 0.717) is 96.7 Å². The third kappa shape index (κ3) is 5.48. The van der Waals surface area contributed by atoms with Gasteiger partial charge in [0.1, 0.15) is 0 Å². The maximum Gasteiger partial charge on any atom is 0.0631 e. The van der Waals surface area contributed by atoms with Crippen molar-refractivity contribution in [1.82, 2.24) is 42.5 Å². The Morgan fingerprint density at radius 1 is 0.280 bits per heavy atom. The van der Waals surface area contributed by atoms with Crippen LogP contribution in [-0.4, -0.2) is 49.3 Å². The first kappa shape index (κ1) is 34.2. The fraction of sp³-hybridized carbons (Fsp3) is 1.00. The molecule has 8 heteroatoms. The average molecular weight is 691 g/mol. The SMILES string of the molecule is CC1CCC(C)C2C3NC(NC4NC(NC5NC(NC6NC(N3)C3C(C)CCC(C)C63)C3C(C)CCC(C)C53)C3CC5CCCCC5CC43)C12. The first-order valence-electron chi connectivity index (χ1n) is 22.3. The minimum Gasteiger partial charge on any atom is -0.286 e. The van der Waals surface area contributed by atoms with E-state index >= 15 is 0 Å². The lowest BCUT2D eigenvalue weighted by atomic mass is 9.63. The molecule has 5 heterocycles. The Morgan fingerprint density at radius 2 is 0.500 bits per heavy atom. The summed E-state index contributed by atoms with van der Waals surface area (Å²) >= 11 is 0. The fourth-order valence-corrected chi connectivity index (χ4v) is 15.8. The summed E-state index contributed by atoms with van der Waals surface area (Å²) in [5.41, 5.74) is 0. The molecule has 0 aromatic carbocycles. The number of fused-ring (bicyclic) bond motifs is 21. The molecule has 50 heavy (non-hydrogen) atoms. The highest BCUT2D eigenvalue weighted by Crippen LogP contribution is 2.53. The van der Waals surface area contributed by atoms with Gasteiger partial charge in [-0.05, 0) is 108 Å². The Morgan fingerprint density at radius 3 is 0.760 bits per heavy atom. The van der Waals surface area contributed by atoms with Gasteiger partial charge in [0.25, 0.3) is 0 Å². The Kier molecular flexibility index (Phi) is 9.00. The summed E-state index contributed by atoms with van der Waals surface area (Å²) in [5.74, 6) is 11.7. The van der Waals surface area contributed by atoms with E-state index in [1.54, 1.807) is 0 Å². The molecule has 24 atom stereocenters. The van der Waals surface area contributed by atoms with Crippen LogP contribution in [-0.2, 0) is 0 Å². The van der Waals surface area contributed by atoms with E-state index in [1.165, 1.54) is 77.0 Å². The van der Waals surface area contributed by atoms with E-state index in [1.807, 2.05) is 0 Å². The van der Waals surface area contributed by atoms with Gasteiger partial charge in [0, 0.05) is 0 Å². The second kappa shape index (κ2) is 13.2. The summed E-state index contributed by atoms with van der Waals surface area (Å²) in [6, 6.07) is 0. The van der Waals surface area contributed by atoms with Crippen molar-refractivity contribution in [3.05, 3.63) is 0 Å². The monoisotopic (exact) mass is 691 g/mol. The first-order valence-corrected chi connectivity index (χ1v) is 22.3. The Labute approximate surface area is 304 Å². The summed E-state index contributed by atoms with van der Waals surface area (Å²) < 4.78 is 0. The molecule has 10 fully saturated rings. The van der Waals surface area contributed by atoms with Crippen LogP contribution in [0.3, 0.4) is 0 Å². The molecule has 10 rings (SSSR count). The summed E-state index contributed by atoms with van der Waals surface area (Å²) in [7, 11) is 0. The van der Waals surface area contributed by atoms with E-state index < -0.39 is 0 Å². The van der Waals surface area contributed by atoms with Crippen LogP contribution in [0.1, 0.15) is 119 Å². The summed E-state index contributed by atoms with van der Waals surface area (Å²) in [4.78, 5) is 0. The molecule has 0 spiro atoms. The van der Waals surface area contributed by atoms with Crippen molar-refractivity contribution >= 4 is 0 Å². The molecule has 282 valence electrons. The Bertz CT molecular complexity index is 1140. The number of hydrogen-bond donors (Lipinski definition) is 8. The lowest BCUT2D eigenvalue weighted by Gasteiger charge is -2.45. The van der Waals surface area contributed by atoms with Crippen LogP contribution in [0.5, 0.6) is 0 Å². The average Bonchev–Trinajstić information content (AvgIpc) is 3.85. The minimum atomic E-state index is 0.346. The quantitative estimate of drug-likeness (QED) is 0.178. The van der Waals surface area contributed by atoms with E-state index in [9.17, 15) is 0 Å². The van der Waals surface area contributed by atoms with Crippen LogP contribution < -0.4 is 42.5 Å². The third-order valence-electron chi connectivity index (χ3n) is 18.3. The van der Waals surface area contributed by atoms with Crippen LogP contribution in [0.4, 0.5) is 0 Å². The summed E-state index contributed by atoms with van der Waals surface area (Å²) in [6.45, 7) is 15.4. The molecule has 8 bridgehead atoms. The van der Waals surface area contributed by atoms with Crippen molar-refractivity contribution in [2.24, 2.45) is 94.7 Å². The number of rotatable bonds is 0. The smallest absolute Gasteiger partial charge is 0.0631 e. The zero-order chi connectivity index (χ0) is 34.0. The zero-order valence-corrected chi connectivity index (χ0v) is 32.3. The highest BCUT2D eigenvalue weighted by molar-refractivity contribution is 5.12. The number of nitrogens with one attached hydrogen (secondary N) is 8. The summed E-state index contributed by atoms with van der Waals surface area (Å²) in [6.07, 6.45) is 19.7. The van der Waals surface area contributed by atoms with Crippen LogP contribution in [0.15, 0.2) is 0 Å². The van der Waals surface area contributed by atoms with Crippen LogP contribution in [0.2, 0.25) is 0 Å². The van der Waals surface area contributed by atoms with Gasteiger partial charge in [0.05, 0.1) is 49.3 Å². The van der Waals surface area contributed by atoms with Crippen molar-refractivity contribution in [3.63, 3.8) is 0 Å². The highest BCUT2D eigenvalue weighted by atomic mass is 15.4. The fourth-order valence-electron chi connectivity index (χ4n) is 15.8. The second-order valence-corrected chi connectivity index (χ2v) is 20.8. The minimum absolute atomic E-state index is 0.346. The van der Waals surface area contributed by atoms with E-state index in [4.69, 9.17) is 0 Å². The maximum absolute atomic E-state index is 4.44. The van der Waals surface area contributed by atoms with Gasteiger partial charge in [-0.25, -0.2) is 0 Å². The van der Waals surface area contributed by atoms with Gasteiger partial charge in [0.15, 0.2) is 0 Å². The number of hydrogen-bond acceptors (Lipinski definition) is 8. The van der Waals surface area contributed by atoms with E-state index in [-0.39, 0.29) is 0 Å². The Balaban J connectivity index is 1.03. The molecule has 5 aliphatic heterocycles. The lowest BCUT2D eigenvalue weighted by Crippen LogP contribution is -2.62. The topological polar surface area (TPSA) is 96.2 Å². The van der Waals surface area contributed by atoms with Gasteiger partial charge in [-0.15, -0.1) is 0 Å². The molecule has 8 nitrogen and oxygen atoms in total. The van der Waals surface area contributed by atoms with Gasteiger partial charge >= 0.3 is 0 Å². The van der Waals surface area contributed by atoms with Gasteiger partial charge < -0.3 is 0 Å². The molecule has 24 unspecified atom stereocenters. The molecule has 0 aromatic heterocycles. The van der Waals surface area contributed by atoms with Crippen molar-refractivity contribution in [2.75, 3.05) is 0 Å². The van der Waals surface area contributed by atoms with Gasteiger partial charge in [-0.1, -0.05) is 106 Å². The highest BCUT2D eigenvalue weighted by Gasteiger charge is 2.59. The normalized spacial score (nSPS) is 61.8. The van der Waals surface area contributed by atoms with Crippen LogP contribution in [0.25, 0.3) is 0 Å². The van der Waals surface area contributed by atoms with E-state index in [0.717, 1.165) is 47.3 Å². The van der Waals surface area contributed by atoms with Crippen molar-refractivity contribution in [3.8, 4) is 0 Å². The summed E-state index contributed by atoms with van der Waals surface area (Å²) in [5, 5.41) is 35.1. The molecule has 0 amide bonds. The third-order valence-corrected chi connectivity index (χ3v) is 18.3. The maximum atomic E-state index is 4.44. The molecule has 10 aliphatic rings. The van der Waals surface area contributed by atoms with E-state index in [2.05, 4.69) is 84.1 Å².